The van der Waals surface area contributed by atoms with Crippen molar-refractivity contribution >= 4 is 23.3 Å². The number of carbonyl (C=O) groups is 1. The molecule has 1 rings (SSSR count). The summed E-state index contributed by atoms with van der Waals surface area (Å²) >= 11 is 0. The van der Waals surface area contributed by atoms with Crippen molar-refractivity contribution in [1.29, 1.82) is 0 Å². The summed E-state index contributed by atoms with van der Waals surface area (Å²) in [5, 5.41) is 2.60. The van der Waals surface area contributed by atoms with E-state index >= 15 is 0 Å². The first-order chi connectivity index (χ1) is 6.83. The summed E-state index contributed by atoms with van der Waals surface area (Å²) < 4.78 is 9.76. The maximum atomic E-state index is 11.1. The highest BCUT2D eigenvalue weighted by Crippen LogP contribution is 2.28. The molecule has 0 unspecified atom stereocenters. The van der Waals surface area contributed by atoms with Gasteiger partial charge in [-0.1, -0.05) is 25.7 Å². The summed E-state index contributed by atoms with van der Waals surface area (Å²) in [6, 6.07) is 0. The highest BCUT2D eigenvalue weighted by Gasteiger charge is 2.19. The minimum absolute atomic E-state index is 0.294. The molecule has 4 nitrogen and oxygen atoms in total. The number of amides is 1. The normalized spacial score (nSPS) is 16.6. The Balaban J connectivity index is 1.96. The average Bonchev–Trinajstić information content (AvgIpc) is 2.68. The molecule has 1 aliphatic carbocycles. The molecule has 14 heavy (non-hydrogen) atoms. The molecular weight excluding hydrogens is 197 g/mol. The van der Waals surface area contributed by atoms with Crippen molar-refractivity contribution in [2.75, 3.05) is 13.3 Å². The van der Waals surface area contributed by atoms with Gasteiger partial charge >= 0.3 is 13.6 Å². The van der Waals surface area contributed by atoms with E-state index in [1.807, 2.05) is 0 Å². The Hall–Kier alpha value is -0.488. The molecule has 1 aliphatic rings. The molecule has 1 fully saturated rings. The number of hydrogen-bond acceptors (Lipinski definition) is 3. The zero-order valence-corrected chi connectivity index (χ0v) is 9.41. The lowest BCUT2D eigenvalue weighted by Gasteiger charge is -2.08. The third kappa shape index (κ3) is 4.67. The molecule has 0 aromatic rings. The van der Waals surface area contributed by atoms with Crippen LogP contribution in [0.15, 0.2) is 0 Å². The summed E-state index contributed by atoms with van der Waals surface area (Å²) in [6.45, 7) is 0. The third-order valence-electron chi connectivity index (χ3n) is 2.22. The Morgan fingerprint density at radius 3 is 2.93 bits per heavy atom. The molecule has 0 saturated heterocycles. The van der Waals surface area contributed by atoms with Gasteiger partial charge in [-0.2, -0.15) is 0 Å². The molecule has 0 spiro atoms. The quantitative estimate of drug-likeness (QED) is 0.544. The van der Waals surface area contributed by atoms with Crippen molar-refractivity contribution in [3.63, 3.8) is 0 Å². The van der Waals surface area contributed by atoms with E-state index in [0.29, 0.717) is 21.7 Å². The van der Waals surface area contributed by atoms with Crippen LogP contribution in [-0.4, -0.2) is 36.6 Å². The van der Waals surface area contributed by atoms with E-state index in [2.05, 4.69) is 5.32 Å². The molecule has 6 heteroatoms. The zero-order chi connectivity index (χ0) is 10.2. The van der Waals surface area contributed by atoms with Crippen molar-refractivity contribution in [1.82, 2.24) is 5.32 Å². The molecule has 77 valence electrons. The van der Waals surface area contributed by atoms with Crippen molar-refractivity contribution in [3.8, 4) is 0 Å². The Kier molecular flexibility index (Phi) is 5.70. The van der Waals surface area contributed by atoms with Crippen molar-refractivity contribution < 1.29 is 13.9 Å². The summed E-state index contributed by atoms with van der Waals surface area (Å²) in [7, 11) is 3.57. The van der Waals surface area contributed by atoms with Crippen LogP contribution in [0.1, 0.15) is 25.7 Å². The van der Waals surface area contributed by atoms with E-state index in [-0.39, 0.29) is 6.09 Å². The molecule has 0 bridgehead atoms. The van der Waals surface area contributed by atoms with Crippen LogP contribution in [0.2, 0.25) is 5.82 Å². The van der Waals surface area contributed by atoms with Gasteiger partial charge in [-0.3, -0.25) is 0 Å². The van der Waals surface area contributed by atoms with E-state index in [0.717, 1.165) is 12.8 Å². The molecule has 0 heterocycles. The lowest BCUT2D eigenvalue weighted by atomic mass is 9.79. The van der Waals surface area contributed by atoms with Gasteiger partial charge in [-0.05, 0) is 5.82 Å². The van der Waals surface area contributed by atoms with E-state index in [4.69, 9.17) is 9.08 Å². The lowest BCUT2D eigenvalue weighted by Crippen LogP contribution is -2.30. The van der Waals surface area contributed by atoms with Gasteiger partial charge < -0.3 is 14.4 Å². The summed E-state index contributed by atoms with van der Waals surface area (Å²) in [4.78, 5) is 11.1. The molecule has 0 aliphatic heterocycles. The van der Waals surface area contributed by atoms with Gasteiger partial charge in [0.1, 0.15) is 0 Å². The number of nitrogens with one attached hydrogen (secondary N) is 1. The van der Waals surface area contributed by atoms with E-state index in [1.54, 1.807) is 14.6 Å². The first-order valence-corrected chi connectivity index (χ1v) is 5.98. The van der Waals surface area contributed by atoms with Crippen LogP contribution in [-0.2, 0) is 9.08 Å². The molecule has 3 radical (unpaired) electrons. The van der Waals surface area contributed by atoms with Crippen LogP contribution in [0.25, 0.3) is 0 Å². The van der Waals surface area contributed by atoms with Crippen molar-refractivity contribution in [2.24, 2.45) is 0 Å². The highest BCUT2D eigenvalue weighted by atomic mass is 28.2. The Labute approximate surface area is 87.9 Å². The minimum atomic E-state index is -0.374. The fourth-order valence-electron chi connectivity index (χ4n) is 1.47. The van der Waals surface area contributed by atoms with Gasteiger partial charge in [-0.25, -0.2) is 4.79 Å². The number of carbonyl (C=O) groups excluding carboxylic acids is 1. The van der Waals surface area contributed by atoms with Crippen LogP contribution in [0.5, 0.6) is 0 Å². The molecule has 1 amide bonds. The topological polar surface area (TPSA) is 47.6 Å². The molecular formula is C8H15BNO3Si. The molecule has 0 aromatic carbocycles. The predicted octanol–water partition coefficient (Wildman–Crippen LogP) is 0.917. The van der Waals surface area contributed by atoms with Crippen LogP contribution in [0, 0.1) is 0 Å². The van der Waals surface area contributed by atoms with Crippen molar-refractivity contribution in [2.45, 2.75) is 31.5 Å². The van der Waals surface area contributed by atoms with Gasteiger partial charge in [0.05, 0.1) is 0 Å². The van der Waals surface area contributed by atoms with E-state index in [1.165, 1.54) is 12.8 Å². The summed E-state index contributed by atoms with van der Waals surface area (Å²) in [6.07, 6.45) is 4.93. The summed E-state index contributed by atoms with van der Waals surface area (Å²) in [5.74, 6) is 0.464. The Morgan fingerprint density at radius 2 is 2.29 bits per heavy atom. The minimum Gasteiger partial charge on any atom is -0.523 e. The van der Waals surface area contributed by atoms with Gasteiger partial charge in [0.25, 0.3) is 9.76 Å². The van der Waals surface area contributed by atoms with Crippen LogP contribution in [0.4, 0.5) is 4.79 Å². The number of rotatable bonds is 5. The molecule has 0 atom stereocenters. The van der Waals surface area contributed by atoms with Gasteiger partial charge in [-0.15, -0.1) is 0 Å². The fraction of sp³-hybridized carbons (Fsp3) is 0.875. The van der Waals surface area contributed by atoms with Gasteiger partial charge in [0, 0.05) is 13.3 Å². The monoisotopic (exact) mass is 212 g/mol. The SMILES string of the molecule is CO[Si]CNC(=O)O[B]C1CCCC1. The number of hydrogen-bond donors (Lipinski definition) is 1. The predicted molar refractivity (Wildman–Crippen MR) is 55.2 cm³/mol. The van der Waals surface area contributed by atoms with Crippen LogP contribution >= 0.6 is 0 Å². The highest BCUT2D eigenvalue weighted by molar-refractivity contribution is 6.33. The third-order valence-corrected chi connectivity index (χ3v) is 2.83. The summed E-state index contributed by atoms with van der Waals surface area (Å²) in [5.41, 5.74) is 0. The second-order valence-electron chi connectivity index (χ2n) is 3.29. The van der Waals surface area contributed by atoms with Gasteiger partial charge in [0.2, 0.25) is 0 Å². The Morgan fingerprint density at radius 1 is 1.57 bits per heavy atom. The van der Waals surface area contributed by atoms with E-state index in [9.17, 15) is 4.79 Å². The fourth-order valence-corrected chi connectivity index (χ4v) is 1.83. The smallest absolute Gasteiger partial charge is 0.388 e. The largest absolute Gasteiger partial charge is 0.523 e. The zero-order valence-electron chi connectivity index (χ0n) is 8.41. The molecule has 0 aromatic heterocycles. The van der Waals surface area contributed by atoms with E-state index < -0.39 is 0 Å². The molecule has 1 N–H and O–H groups in total. The Bertz CT molecular complexity index is 176. The second-order valence-corrected chi connectivity index (χ2v) is 4.34. The maximum absolute atomic E-state index is 11.1. The first kappa shape index (κ1) is 11.6. The maximum Gasteiger partial charge on any atom is 0.388 e. The average molecular weight is 212 g/mol. The standard InChI is InChI=1S/C8H15BNO3Si/c1-12-14-6-10-8(11)13-9-7-4-2-3-5-7/h7H,2-6H2,1H3,(H,10,11). The van der Waals surface area contributed by atoms with Crippen LogP contribution < -0.4 is 5.32 Å². The lowest BCUT2D eigenvalue weighted by molar-refractivity contribution is 0.203. The van der Waals surface area contributed by atoms with Crippen molar-refractivity contribution in [3.05, 3.63) is 0 Å². The molecule has 1 saturated carbocycles. The first-order valence-electron chi connectivity index (χ1n) is 4.86. The second kappa shape index (κ2) is 6.89. The van der Waals surface area contributed by atoms with Crippen LogP contribution in [0.3, 0.4) is 0 Å². The van der Waals surface area contributed by atoms with Gasteiger partial charge in [0.15, 0.2) is 0 Å².